The van der Waals surface area contributed by atoms with Crippen molar-refractivity contribution in [3.05, 3.63) is 33.8 Å². The molecule has 0 amide bonds. The number of hydrogen-bond donors (Lipinski definition) is 1. The van der Waals surface area contributed by atoms with Crippen LogP contribution in [0.5, 0.6) is 0 Å². The first-order valence-corrected chi connectivity index (χ1v) is 7.88. The molecule has 0 heterocycles. The number of nitrogens with two attached hydrogens (primary N) is 1. The Morgan fingerprint density at radius 1 is 1.21 bits per heavy atom. The van der Waals surface area contributed by atoms with Crippen molar-refractivity contribution in [3.63, 3.8) is 0 Å². The van der Waals surface area contributed by atoms with E-state index in [0.29, 0.717) is 10.0 Å². The standard InChI is InChI=1S/C16H23Cl2N/c1-11(2)13-5-7-16(19,8-6-13)10-12-3-4-14(17)15(18)9-12/h3-4,9,11,13H,5-8,10,19H2,1-2H3. The highest BCUT2D eigenvalue weighted by atomic mass is 35.5. The highest BCUT2D eigenvalue weighted by molar-refractivity contribution is 6.42. The van der Waals surface area contributed by atoms with Crippen molar-refractivity contribution in [2.24, 2.45) is 17.6 Å². The molecule has 0 bridgehead atoms. The molecule has 0 aromatic heterocycles. The van der Waals surface area contributed by atoms with Gasteiger partial charge in [-0.3, -0.25) is 0 Å². The van der Waals surface area contributed by atoms with Crippen molar-refractivity contribution in [1.29, 1.82) is 0 Å². The normalized spacial score (nSPS) is 27.8. The van der Waals surface area contributed by atoms with Crippen LogP contribution >= 0.6 is 23.2 Å². The molecule has 1 aromatic rings. The summed E-state index contributed by atoms with van der Waals surface area (Å²) >= 11 is 12.0. The molecule has 19 heavy (non-hydrogen) atoms. The van der Waals surface area contributed by atoms with Crippen LogP contribution in [0, 0.1) is 11.8 Å². The van der Waals surface area contributed by atoms with Crippen LogP contribution in [-0.4, -0.2) is 5.54 Å². The van der Waals surface area contributed by atoms with E-state index >= 15 is 0 Å². The quantitative estimate of drug-likeness (QED) is 0.827. The summed E-state index contributed by atoms with van der Waals surface area (Å²) in [5.41, 5.74) is 7.69. The lowest BCUT2D eigenvalue weighted by Crippen LogP contribution is -2.45. The van der Waals surface area contributed by atoms with E-state index in [-0.39, 0.29) is 5.54 Å². The van der Waals surface area contributed by atoms with Crippen molar-refractivity contribution in [2.45, 2.75) is 51.5 Å². The second-order valence-corrected chi connectivity index (χ2v) is 7.18. The van der Waals surface area contributed by atoms with Gasteiger partial charge in [0.25, 0.3) is 0 Å². The third-order valence-electron chi connectivity index (χ3n) is 4.51. The molecule has 0 atom stereocenters. The van der Waals surface area contributed by atoms with E-state index in [4.69, 9.17) is 28.9 Å². The zero-order valence-corrected chi connectivity index (χ0v) is 13.3. The van der Waals surface area contributed by atoms with Crippen LogP contribution < -0.4 is 5.73 Å². The van der Waals surface area contributed by atoms with Gasteiger partial charge in [-0.15, -0.1) is 0 Å². The van der Waals surface area contributed by atoms with Gasteiger partial charge in [-0.05, 0) is 61.6 Å². The number of halogens is 2. The molecule has 0 unspecified atom stereocenters. The summed E-state index contributed by atoms with van der Waals surface area (Å²) in [5.74, 6) is 1.61. The SMILES string of the molecule is CC(C)C1CCC(N)(Cc2ccc(Cl)c(Cl)c2)CC1. The molecule has 1 nitrogen and oxygen atoms in total. The smallest absolute Gasteiger partial charge is 0.0595 e. The first kappa shape index (κ1) is 15.2. The molecule has 0 spiro atoms. The first-order chi connectivity index (χ1) is 8.89. The lowest BCUT2D eigenvalue weighted by molar-refractivity contribution is 0.194. The molecule has 1 saturated carbocycles. The lowest BCUT2D eigenvalue weighted by Gasteiger charge is -2.38. The molecule has 1 aliphatic rings. The van der Waals surface area contributed by atoms with Gasteiger partial charge in [-0.25, -0.2) is 0 Å². The minimum Gasteiger partial charge on any atom is -0.325 e. The molecule has 0 aliphatic heterocycles. The Hall–Kier alpha value is -0.240. The Labute approximate surface area is 126 Å². The van der Waals surface area contributed by atoms with Gasteiger partial charge in [0.2, 0.25) is 0 Å². The van der Waals surface area contributed by atoms with Crippen LogP contribution in [0.2, 0.25) is 10.0 Å². The Morgan fingerprint density at radius 3 is 2.37 bits per heavy atom. The van der Waals surface area contributed by atoms with E-state index in [1.807, 2.05) is 18.2 Å². The van der Waals surface area contributed by atoms with E-state index in [2.05, 4.69) is 13.8 Å². The number of benzene rings is 1. The summed E-state index contributed by atoms with van der Waals surface area (Å²) in [4.78, 5) is 0. The van der Waals surface area contributed by atoms with Gasteiger partial charge in [0, 0.05) is 5.54 Å². The second-order valence-electron chi connectivity index (χ2n) is 6.37. The predicted molar refractivity (Wildman–Crippen MR) is 83.9 cm³/mol. The maximum atomic E-state index is 6.57. The third-order valence-corrected chi connectivity index (χ3v) is 5.25. The van der Waals surface area contributed by atoms with E-state index in [9.17, 15) is 0 Å². The van der Waals surface area contributed by atoms with Crippen molar-refractivity contribution < 1.29 is 0 Å². The lowest BCUT2D eigenvalue weighted by atomic mass is 9.71. The molecule has 2 rings (SSSR count). The maximum Gasteiger partial charge on any atom is 0.0595 e. The number of rotatable bonds is 3. The summed E-state index contributed by atoms with van der Waals surface area (Å²) in [7, 11) is 0. The molecule has 3 heteroatoms. The molecule has 0 radical (unpaired) electrons. The fraction of sp³-hybridized carbons (Fsp3) is 0.625. The largest absolute Gasteiger partial charge is 0.325 e. The average Bonchev–Trinajstić information content (AvgIpc) is 2.34. The highest BCUT2D eigenvalue weighted by Gasteiger charge is 2.32. The molecular weight excluding hydrogens is 277 g/mol. The predicted octanol–water partition coefficient (Wildman–Crippen LogP) is 5.08. The van der Waals surface area contributed by atoms with Crippen LogP contribution in [-0.2, 0) is 6.42 Å². The molecule has 1 aliphatic carbocycles. The highest BCUT2D eigenvalue weighted by Crippen LogP contribution is 2.36. The molecule has 0 saturated heterocycles. The van der Waals surface area contributed by atoms with E-state index in [1.54, 1.807) is 0 Å². The summed E-state index contributed by atoms with van der Waals surface area (Å²) in [5, 5.41) is 1.23. The van der Waals surface area contributed by atoms with Gasteiger partial charge in [0.15, 0.2) is 0 Å². The molecule has 1 aromatic carbocycles. The fourth-order valence-electron chi connectivity index (χ4n) is 3.11. The topological polar surface area (TPSA) is 26.0 Å². The monoisotopic (exact) mass is 299 g/mol. The Bertz CT molecular complexity index is 434. The van der Waals surface area contributed by atoms with Crippen LogP contribution in [0.15, 0.2) is 18.2 Å². The van der Waals surface area contributed by atoms with Gasteiger partial charge in [0.1, 0.15) is 0 Å². The molecular formula is C16H23Cl2N. The molecule has 2 N–H and O–H groups in total. The summed E-state index contributed by atoms with van der Waals surface area (Å²) in [6.45, 7) is 4.63. The minimum absolute atomic E-state index is 0.0669. The third kappa shape index (κ3) is 3.87. The molecule has 1 fully saturated rings. The van der Waals surface area contributed by atoms with Gasteiger partial charge < -0.3 is 5.73 Å². The zero-order valence-electron chi connectivity index (χ0n) is 11.8. The second kappa shape index (κ2) is 6.03. The van der Waals surface area contributed by atoms with Crippen molar-refractivity contribution in [3.8, 4) is 0 Å². The van der Waals surface area contributed by atoms with Crippen LogP contribution in [0.3, 0.4) is 0 Å². The fourth-order valence-corrected chi connectivity index (χ4v) is 3.44. The maximum absolute atomic E-state index is 6.57. The number of hydrogen-bond acceptors (Lipinski definition) is 1. The Morgan fingerprint density at radius 2 is 1.84 bits per heavy atom. The first-order valence-electron chi connectivity index (χ1n) is 7.12. The van der Waals surface area contributed by atoms with Gasteiger partial charge in [-0.1, -0.05) is 43.1 Å². The van der Waals surface area contributed by atoms with Gasteiger partial charge >= 0.3 is 0 Å². The molecule has 106 valence electrons. The van der Waals surface area contributed by atoms with Gasteiger partial charge in [0.05, 0.1) is 10.0 Å². The van der Waals surface area contributed by atoms with Crippen LogP contribution in [0.4, 0.5) is 0 Å². The van der Waals surface area contributed by atoms with E-state index < -0.39 is 0 Å². The zero-order chi connectivity index (χ0) is 14.0. The van der Waals surface area contributed by atoms with Crippen LogP contribution in [0.1, 0.15) is 45.1 Å². The van der Waals surface area contributed by atoms with E-state index in [1.165, 1.54) is 18.4 Å². The van der Waals surface area contributed by atoms with Crippen molar-refractivity contribution in [2.75, 3.05) is 0 Å². The summed E-state index contributed by atoms with van der Waals surface area (Å²) < 4.78 is 0. The van der Waals surface area contributed by atoms with E-state index in [0.717, 1.165) is 31.1 Å². The average molecular weight is 300 g/mol. The van der Waals surface area contributed by atoms with Crippen molar-refractivity contribution >= 4 is 23.2 Å². The van der Waals surface area contributed by atoms with Crippen LogP contribution in [0.25, 0.3) is 0 Å². The van der Waals surface area contributed by atoms with Crippen molar-refractivity contribution in [1.82, 2.24) is 0 Å². The summed E-state index contributed by atoms with van der Waals surface area (Å²) in [6, 6.07) is 5.85. The minimum atomic E-state index is -0.0669. The Balaban J connectivity index is 2.00. The Kier molecular flexibility index (Phi) is 4.81. The summed E-state index contributed by atoms with van der Waals surface area (Å²) in [6.07, 6.45) is 5.60. The van der Waals surface area contributed by atoms with Gasteiger partial charge in [-0.2, -0.15) is 0 Å².